The van der Waals surface area contributed by atoms with Gasteiger partial charge in [0.2, 0.25) is 11.8 Å². The van der Waals surface area contributed by atoms with Crippen LogP contribution in [-0.4, -0.2) is 26.6 Å². The zero-order chi connectivity index (χ0) is 22.8. The van der Waals surface area contributed by atoms with Gasteiger partial charge in [-0.1, -0.05) is 0 Å². The lowest BCUT2D eigenvalue weighted by molar-refractivity contribution is 0.413. The van der Waals surface area contributed by atoms with Crippen molar-refractivity contribution in [3.05, 3.63) is 77.8 Å². The predicted molar refractivity (Wildman–Crippen MR) is 111 cm³/mol. The molecule has 0 aliphatic carbocycles. The Kier molecular flexibility index (Phi) is 5.67. The average Bonchev–Trinajstić information content (AvgIpc) is 3.17. The van der Waals surface area contributed by atoms with E-state index >= 15 is 0 Å². The summed E-state index contributed by atoms with van der Waals surface area (Å²) in [6.45, 7) is 3.60. The number of nitrogens with one attached hydrogen (secondary N) is 1. The van der Waals surface area contributed by atoms with E-state index in [-0.39, 0.29) is 17.6 Å². The summed E-state index contributed by atoms with van der Waals surface area (Å²) >= 11 is 0. The minimum atomic E-state index is -1.57. The van der Waals surface area contributed by atoms with Crippen molar-refractivity contribution in [1.82, 2.24) is 19.5 Å². The molecule has 2 aromatic carbocycles. The molecule has 0 saturated carbocycles. The first kappa shape index (κ1) is 21.2. The van der Waals surface area contributed by atoms with Gasteiger partial charge in [0.05, 0.1) is 24.8 Å². The zero-order valence-electron chi connectivity index (χ0n) is 17.4. The molecule has 164 valence electrons. The van der Waals surface area contributed by atoms with Gasteiger partial charge in [-0.3, -0.25) is 0 Å². The van der Waals surface area contributed by atoms with Gasteiger partial charge in [-0.25, -0.2) is 23.1 Å². The summed E-state index contributed by atoms with van der Waals surface area (Å²) in [7, 11) is 1.56. The third-order valence-corrected chi connectivity index (χ3v) is 4.44. The highest BCUT2D eigenvalue weighted by molar-refractivity contribution is 5.62. The standard InChI is InChI=1S/C22H18F3N5O2/c1-12-6-20(32-15-8-16(23)21(25)17(24)9-15)29-22(27-12)28-14-4-5-18(19(7-14)31-3)30-10-13(2)26-11-30/h4-11H,1-3H3,(H,27,28,29). The predicted octanol–water partition coefficient (Wildman–Crippen LogP) is 5.24. The van der Waals surface area contributed by atoms with E-state index in [1.54, 1.807) is 26.4 Å². The smallest absolute Gasteiger partial charge is 0.230 e. The highest BCUT2D eigenvalue weighted by atomic mass is 19.2. The Labute approximate surface area is 181 Å². The summed E-state index contributed by atoms with van der Waals surface area (Å²) in [4.78, 5) is 12.7. The fourth-order valence-corrected chi connectivity index (χ4v) is 3.01. The molecular formula is C22H18F3N5O2. The van der Waals surface area contributed by atoms with Gasteiger partial charge in [0.25, 0.3) is 0 Å². The Hall–Kier alpha value is -4.08. The van der Waals surface area contributed by atoms with Crippen LogP contribution in [0.3, 0.4) is 0 Å². The van der Waals surface area contributed by atoms with E-state index in [0.29, 0.717) is 17.1 Å². The second kappa shape index (κ2) is 8.58. The van der Waals surface area contributed by atoms with Gasteiger partial charge >= 0.3 is 0 Å². The maximum Gasteiger partial charge on any atom is 0.230 e. The Morgan fingerprint density at radius 3 is 2.34 bits per heavy atom. The number of aromatic nitrogens is 4. The van der Waals surface area contributed by atoms with Crippen LogP contribution in [0.4, 0.5) is 24.8 Å². The highest BCUT2D eigenvalue weighted by Crippen LogP contribution is 2.29. The molecule has 0 amide bonds. The number of rotatable bonds is 6. The van der Waals surface area contributed by atoms with E-state index in [0.717, 1.165) is 23.5 Å². The summed E-state index contributed by atoms with van der Waals surface area (Å²) in [5.74, 6) is -3.70. The Morgan fingerprint density at radius 1 is 0.938 bits per heavy atom. The first-order valence-electron chi connectivity index (χ1n) is 9.46. The van der Waals surface area contributed by atoms with Crippen LogP contribution < -0.4 is 14.8 Å². The number of hydrogen-bond acceptors (Lipinski definition) is 6. The van der Waals surface area contributed by atoms with Crippen molar-refractivity contribution in [2.24, 2.45) is 0 Å². The molecule has 0 unspecified atom stereocenters. The number of methoxy groups -OCH3 is 1. The SMILES string of the molecule is COc1cc(Nc2nc(C)cc(Oc3cc(F)c(F)c(F)c3)n2)ccc1-n1cnc(C)c1. The number of benzene rings is 2. The van der Waals surface area contributed by atoms with E-state index in [1.807, 2.05) is 29.8 Å². The summed E-state index contributed by atoms with van der Waals surface area (Å²) < 4.78 is 52.8. The molecular weight excluding hydrogens is 423 g/mol. The molecule has 0 aliphatic heterocycles. The molecule has 4 rings (SSSR count). The van der Waals surface area contributed by atoms with Crippen LogP contribution in [0.5, 0.6) is 17.4 Å². The van der Waals surface area contributed by atoms with Gasteiger partial charge in [0, 0.05) is 41.8 Å². The summed E-state index contributed by atoms with van der Waals surface area (Å²) in [6, 6.07) is 8.38. The van der Waals surface area contributed by atoms with E-state index in [4.69, 9.17) is 9.47 Å². The van der Waals surface area contributed by atoms with Gasteiger partial charge < -0.3 is 19.4 Å². The van der Waals surface area contributed by atoms with Gasteiger partial charge in [-0.2, -0.15) is 4.98 Å². The van der Waals surface area contributed by atoms with Crippen molar-refractivity contribution in [1.29, 1.82) is 0 Å². The van der Waals surface area contributed by atoms with E-state index in [1.165, 1.54) is 6.07 Å². The fraction of sp³-hybridized carbons (Fsp3) is 0.136. The summed E-state index contributed by atoms with van der Waals surface area (Å²) in [5.41, 5.74) is 2.85. The monoisotopic (exact) mass is 441 g/mol. The molecule has 0 aliphatic rings. The van der Waals surface area contributed by atoms with Crippen LogP contribution in [0.15, 0.2) is 48.9 Å². The van der Waals surface area contributed by atoms with Crippen LogP contribution in [0.2, 0.25) is 0 Å². The number of aryl methyl sites for hydroxylation is 2. The Balaban J connectivity index is 1.59. The van der Waals surface area contributed by atoms with Crippen molar-refractivity contribution in [3.63, 3.8) is 0 Å². The molecule has 0 spiro atoms. The fourth-order valence-electron chi connectivity index (χ4n) is 3.01. The van der Waals surface area contributed by atoms with Crippen LogP contribution in [0.1, 0.15) is 11.4 Å². The minimum absolute atomic E-state index is 0.0304. The third-order valence-electron chi connectivity index (χ3n) is 4.44. The number of ether oxygens (including phenoxy) is 2. The number of hydrogen-bond donors (Lipinski definition) is 1. The lowest BCUT2D eigenvalue weighted by Crippen LogP contribution is -2.02. The maximum absolute atomic E-state index is 13.5. The van der Waals surface area contributed by atoms with Gasteiger partial charge in [-0.15, -0.1) is 0 Å². The molecule has 32 heavy (non-hydrogen) atoms. The van der Waals surface area contributed by atoms with Crippen LogP contribution >= 0.6 is 0 Å². The van der Waals surface area contributed by atoms with Gasteiger partial charge in [0.1, 0.15) is 11.5 Å². The molecule has 0 radical (unpaired) electrons. The van der Waals surface area contributed by atoms with Crippen molar-refractivity contribution in [2.45, 2.75) is 13.8 Å². The van der Waals surface area contributed by atoms with E-state index in [2.05, 4.69) is 20.3 Å². The normalized spacial score (nSPS) is 10.8. The molecule has 0 atom stereocenters. The third kappa shape index (κ3) is 4.48. The lowest BCUT2D eigenvalue weighted by atomic mass is 10.2. The molecule has 0 saturated heterocycles. The van der Waals surface area contributed by atoms with Crippen molar-refractivity contribution in [3.8, 4) is 23.1 Å². The molecule has 0 bridgehead atoms. The summed E-state index contributed by atoms with van der Waals surface area (Å²) in [5, 5.41) is 3.05. The zero-order valence-corrected chi connectivity index (χ0v) is 17.4. The highest BCUT2D eigenvalue weighted by Gasteiger charge is 2.14. The van der Waals surface area contributed by atoms with Crippen LogP contribution in [0.25, 0.3) is 5.69 Å². The van der Waals surface area contributed by atoms with Crippen molar-refractivity contribution in [2.75, 3.05) is 12.4 Å². The minimum Gasteiger partial charge on any atom is -0.494 e. The topological polar surface area (TPSA) is 74.1 Å². The van der Waals surface area contributed by atoms with Gasteiger partial charge in [-0.05, 0) is 26.0 Å². The average molecular weight is 441 g/mol. The van der Waals surface area contributed by atoms with E-state index in [9.17, 15) is 13.2 Å². The summed E-state index contributed by atoms with van der Waals surface area (Å²) in [6.07, 6.45) is 3.56. The Bertz CT molecular complexity index is 1270. The van der Waals surface area contributed by atoms with Crippen molar-refractivity contribution < 1.29 is 22.6 Å². The molecule has 7 nitrogen and oxygen atoms in total. The number of nitrogens with zero attached hydrogens (tertiary/aromatic N) is 4. The van der Waals surface area contributed by atoms with Crippen molar-refractivity contribution >= 4 is 11.6 Å². The Morgan fingerprint density at radius 2 is 1.69 bits per heavy atom. The molecule has 2 aromatic heterocycles. The van der Waals surface area contributed by atoms with Crippen LogP contribution in [0, 0.1) is 31.3 Å². The molecule has 2 heterocycles. The second-order valence-corrected chi connectivity index (χ2v) is 6.91. The first-order valence-corrected chi connectivity index (χ1v) is 9.46. The molecule has 10 heteroatoms. The van der Waals surface area contributed by atoms with Crippen LogP contribution in [-0.2, 0) is 0 Å². The quantitative estimate of drug-likeness (QED) is 0.413. The molecule has 1 N–H and O–H groups in total. The lowest BCUT2D eigenvalue weighted by Gasteiger charge is -2.13. The molecule has 4 aromatic rings. The molecule has 0 fully saturated rings. The largest absolute Gasteiger partial charge is 0.494 e. The maximum atomic E-state index is 13.5. The number of halogens is 3. The number of anilines is 2. The number of imidazole rings is 1. The second-order valence-electron chi connectivity index (χ2n) is 6.91. The first-order chi connectivity index (χ1) is 15.3. The van der Waals surface area contributed by atoms with E-state index < -0.39 is 17.5 Å². The van der Waals surface area contributed by atoms with Gasteiger partial charge in [0.15, 0.2) is 17.5 Å².